The van der Waals surface area contributed by atoms with Crippen LogP contribution < -0.4 is 5.73 Å². The van der Waals surface area contributed by atoms with Crippen LogP contribution in [0.1, 0.15) is 30.4 Å². The van der Waals surface area contributed by atoms with Crippen molar-refractivity contribution in [2.24, 2.45) is 0 Å². The number of thiophene rings is 1. The van der Waals surface area contributed by atoms with Gasteiger partial charge in [0.25, 0.3) is 0 Å². The van der Waals surface area contributed by atoms with Gasteiger partial charge in [0.15, 0.2) is 5.16 Å². The number of hydrogen-bond acceptors (Lipinski definition) is 7. The van der Waals surface area contributed by atoms with E-state index in [0.29, 0.717) is 16.1 Å². The minimum absolute atomic E-state index is 0.0769. The number of hydrogen-bond donors (Lipinski definition) is 1. The zero-order chi connectivity index (χ0) is 17.3. The Balaban J connectivity index is 1.93. The Kier molecular flexibility index (Phi) is 5.54. The van der Waals surface area contributed by atoms with Gasteiger partial charge >= 0.3 is 0 Å². The van der Waals surface area contributed by atoms with Crippen molar-refractivity contribution >= 4 is 62.4 Å². The van der Waals surface area contributed by atoms with Gasteiger partial charge in [0.1, 0.15) is 16.0 Å². The van der Waals surface area contributed by atoms with E-state index in [2.05, 4.69) is 40.2 Å². The molecule has 0 fully saturated rings. The van der Waals surface area contributed by atoms with Crippen LogP contribution in [0.3, 0.4) is 0 Å². The monoisotopic (exact) mass is 396 g/mol. The van der Waals surface area contributed by atoms with Gasteiger partial charge in [-0.15, -0.1) is 23.1 Å². The van der Waals surface area contributed by atoms with E-state index >= 15 is 0 Å². The molecule has 3 rings (SSSR count). The average molecular weight is 397 g/mol. The second-order valence-electron chi connectivity index (χ2n) is 5.21. The minimum atomic E-state index is 0.0769. The summed E-state index contributed by atoms with van der Waals surface area (Å²) in [7, 11) is 0. The predicted octanol–water partition coefficient (Wildman–Crippen LogP) is 5.46. The lowest BCUT2D eigenvalue weighted by molar-refractivity contribution is 0.888. The Hall–Kier alpha value is -1.02. The maximum absolute atomic E-state index is 6.39. The van der Waals surface area contributed by atoms with Gasteiger partial charge in [-0.3, -0.25) is 0 Å². The molecule has 0 aliphatic rings. The molecule has 1 atom stereocenters. The first-order chi connectivity index (χ1) is 11.5. The number of thioether (sulfide) groups is 2. The fourth-order valence-corrected chi connectivity index (χ4v) is 5.03. The van der Waals surface area contributed by atoms with Gasteiger partial charge in [0.05, 0.1) is 15.6 Å². The molecular weight excluding hydrogens is 380 g/mol. The molecule has 2 N–H and O–H groups in total. The highest BCUT2D eigenvalue weighted by Crippen LogP contribution is 2.38. The number of fused-ring (bicyclic) bond motifs is 1. The van der Waals surface area contributed by atoms with Crippen molar-refractivity contribution in [1.82, 2.24) is 15.0 Å². The summed E-state index contributed by atoms with van der Waals surface area (Å²) in [5.74, 6) is 0.483. The van der Waals surface area contributed by atoms with Crippen LogP contribution in [0.2, 0.25) is 5.15 Å². The van der Waals surface area contributed by atoms with Gasteiger partial charge in [-0.2, -0.15) is 0 Å². The fraction of sp³-hybridized carbons (Fsp3) is 0.312. The van der Waals surface area contributed by atoms with Crippen molar-refractivity contribution in [2.75, 3.05) is 12.0 Å². The average Bonchev–Trinajstić information content (AvgIpc) is 2.97. The Morgan fingerprint density at radius 1 is 1.29 bits per heavy atom. The Morgan fingerprint density at radius 2 is 2.08 bits per heavy atom. The molecule has 0 amide bonds. The van der Waals surface area contributed by atoms with Gasteiger partial charge in [0.2, 0.25) is 0 Å². The van der Waals surface area contributed by atoms with Crippen LogP contribution in [-0.2, 0) is 6.42 Å². The number of nitrogens with zero attached hydrogens (tertiary/aromatic N) is 3. The standard InChI is InChI=1S/C16H17ClN4S3/c1-4-9-7-23-14-10(9)5-11(19-15(14)17)8(2)24-16-20-12(18)6-13(21-16)22-3/h5-8H,4H2,1-3H3,(H2,18,20,21). The number of pyridine rings is 1. The molecule has 0 saturated carbocycles. The van der Waals surface area contributed by atoms with Gasteiger partial charge in [-0.05, 0) is 36.6 Å². The van der Waals surface area contributed by atoms with Crippen LogP contribution in [0.5, 0.6) is 0 Å². The van der Waals surface area contributed by atoms with Crippen molar-refractivity contribution in [3.8, 4) is 0 Å². The zero-order valence-electron chi connectivity index (χ0n) is 13.5. The number of aromatic nitrogens is 3. The highest BCUT2D eigenvalue weighted by Gasteiger charge is 2.16. The summed E-state index contributed by atoms with van der Waals surface area (Å²) < 4.78 is 1.05. The summed E-state index contributed by atoms with van der Waals surface area (Å²) in [5.41, 5.74) is 8.10. The summed E-state index contributed by atoms with van der Waals surface area (Å²) in [6, 6.07) is 3.91. The maximum atomic E-state index is 6.39. The van der Waals surface area contributed by atoms with Gasteiger partial charge in [0, 0.05) is 11.5 Å². The molecule has 0 spiro atoms. The maximum Gasteiger partial charge on any atom is 0.191 e. The van der Waals surface area contributed by atoms with E-state index in [1.54, 1.807) is 40.9 Å². The number of nitrogens with two attached hydrogens (primary N) is 1. The van der Waals surface area contributed by atoms with Crippen molar-refractivity contribution in [3.63, 3.8) is 0 Å². The normalized spacial score (nSPS) is 12.7. The van der Waals surface area contributed by atoms with E-state index in [1.807, 2.05) is 6.26 Å². The first-order valence-corrected chi connectivity index (χ1v) is 10.8. The molecule has 0 saturated heterocycles. The molecule has 3 heterocycles. The summed E-state index contributed by atoms with van der Waals surface area (Å²) in [6.07, 6.45) is 2.95. The van der Waals surface area contributed by atoms with Crippen LogP contribution in [0, 0.1) is 0 Å². The quantitative estimate of drug-likeness (QED) is 0.267. The van der Waals surface area contributed by atoms with Crippen LogP contribution in [-0.4, -0.2) is 21.2 Å². The summed E-state index contributed by atoms with van der Waals surface area (Å²) >= 11 is 11.1. The van der Waals surface area contributed by atoms with Crippen LogP contribution in [0.25, 0.3) is 10.1 Å². The third-order valence-corrected chi connectivity index (χ3v) is 6.66. The SMILES string of the molecule is CCc1csc2c(Cl)nc(C(C)Sc3nc(N)cc(SC)n3)cc12. The fourth-order valence-electron chi connectivity index (χ4n) is 2.34. The Labute approximate surface area is 158 Å². The molecule has 24 heavy (non-hydrogen) atoms. The van der Waals surface area contributed by atoms with Gasteiger partial charge < -0.3 is 5.73 Å². The van der Waals surface area contributed by atoms with Crippen LogP contribution in [0.4, 0.5) is 5.82 Å². The van der Waals surface area contributed by atoms with E-state index < -0.39 is 0 Å². The molecule has 126 valence electrons. The summed E-state index contributed by atoms with van der Waals surface area (Å²) in [5, 5.41) is 5.52. The second-order valence-corrected chi connectivity index (χ2v) is 8.58. The largest absolute Gasteiger partial charge is 0.384 e. The molecule has 0 bridgehead atoms. The van der Waals surface area contributed by atoms with Crippen molar-refractivity contribution in [3.05, 3.63) is 33.9 Å². The molecule has 0 aromatic carbocycles. The topological polar surface area (TPSA) is 64.7 Å². The molecular formula is C16H17ClN4S3. The lowest BCUT2D eigenvalue weighted by Crippen LogP contribution is -1.99. The van der Waals surface area contributed by atoms with E-state index in [9.17, 15) is 0 Å². The van der Waals surface area contributed by atoms with Crippen LogP contribution in [0.15, 0.2) is 27.7 Å². The van der Waals surface area contributed by atoms with E-state index in [0.717, 1.165) is 21.8 Å². The molecule has 8 heteroatoms. The van der Waals surface area contributed by atoms with Crippen molar-refractivity contribution < 1.29 is 0 Å². The van der Waals surface area contributed by atoms with Crippen molar-refractivity contribution in [2.45, 2.75) is 35.7 Å². The minimum Gasteiger partial charge on any atom is -0.384 e. The Morgan fingerprint density at radius 3 is 2.79 bits per heavy atom. The first kappa shape index (κ1) is 17.8. The number of aryl methyl sites for hydroxylation is 1. The second kappa shape index (κ2) is 7.47. The number of rotatable bonds is 5. The molecule has 0 aliphatic carbocycles. The molecule has 3 aromatic rings. The number of nitrogen functional groups attached to an aromatic ring is 1. The smallest absolute Gasteiger partial charge is 0.191 e. The lowest BCUT2D eigenvalue weighted by Gasteiger charge is -2.12. The predicted molar refractivity (Wildman–Crippen MR) is 107 cm³/mol. The highest BCUT2D eigenvalue weighted by molar-refractivity contribution is 7.99. The van der Waals surface area contributed by atoms with Crippen LogP contribution >= 0.6 is 46.5 Å². The third kappa shape index (κ3) is 3.64. The summed E-state index contributed by atoms with van der Waals surface area (Å²) in [4.78, 5) is 13.4. The van der Waals surface area contributed by atoms with E-state index in [4.69, 9.17) is 17.3 Å². The highest BCUT2D eigenvalue weighted by atomic mass is 35.5. The van der Waals surface area contributed by atoms with E-state index in [1.165, 1.54) is 10.9 Å². The third-order valence-electron chi connectivity index (χ3n) is 3.61. The molecule has 0 radical (unpaired) electrons. The molecule has 1 unspecified atom stereocenters. The van der Waals surface area contributed by atoms with Crippen molar-refractivity contribution in [1.29, 1.82) is 0 Å². The first-order valence-electron chi connectivity index (χ1n) is 7.43. The lowest BCUT2D eigenvalue weighted by atomic mass is 10.1. The molecule has 4 nitrogen and oxygen atoms in total. The molecule has 3 aromatic heterocycles. The zero-order valence-corrected chi connectivity index (χ0v) is 16.7. The number of halogens is 1. The number of anilines is 1. The van der Waals surface area contributed by atoms with Gasteiger partial charge in [-0.1, -0.05) is 30.3 Å². The summed E-state index contributed by atoms with van der Waals surface area (Å²) in [6.45, 7) is 4.23. The molecule has 0 aliphatic heterocycles. The van der Waals surface area contributed by atoms with Gasteiger partial charge in [-0.25, -0.2) is 15.0 Å². The van der Waals surface area contributed by atoms with E-state index in [-0.39, 0.29) is 5.25 Å². The Bertz CT molecular complexity index is 881.